The van der Waals surface area contributed by atoms with Crippen molar-refractivity contribution in [2.75, 3.05) is 37.3 Å². The van der Waals surface area contributed by atoms with Gasteiger partial charge < -0.3 is 4.90 Å². The number of anilines is 1. The molecule has 0 radical (unpaired) electrons. The highest BCUT2D eigenvalue weighted by atomic mass is 32.2. The van der Waals surface area contributed by atoms with E-state index in [2.05, 4.69) is 19.9 Å². The fourth-order valence-corrected chi connectivity index (χ4v) is 3.90. The van der Waals surface area contributed by atoms with E-state index in [1.165, 1.54) is 11.8 Å². The molecule has 0 amide bonds. The zero-order chi connectivity index (χ0) is 17.2. The number of nitrogens with zero attached hydrogens (tertiary/aromatic N) is 5. The van der Waals surface area contributed by atoms with Gasteiger partial charge in [-0.3, -0.25) is 9.58 Å². The van der Waals surface area contributed by atoms with Crippen LogP contribution in [0.5, 0.6) is 0 Å². The van der Waals surface area contributed by atoms with Crippen LogP contribution in [0.2, 0.25) is 0 Å². The molecule has 0 atom stereocenters. The molecule has 0 N–H and O–H groups in total. The summed E-state index contributed by atoms with van der Waals surface area (Å²) in [5, 5.41) is 4.21. The zero-order valence-electron chi connectivity index (χ0n) is 14.1. The van der Waals surface area contributed by atoms with Gasteiger partial charge in [-0.15, -0.1) is 0 Å². The number of aryl methyl sites for hydroxylation is 1. The van der Waals surface area contributed by atoms with Crippen LogP contribution in [0.3, 0.4) is 0 Å². The second-order valence-corrected chi connectivity index (χ2v) is 8.22. The number of aromatic nitrogens is 3. The standard InChI is InChI=1S/C16H23N5O2S/c1-19-12-14(11-18-19)13-20-7-4-8-21(10-9-20)16-15(24(2,22)23)5-3-6-17-16/h3,5-6,11-12H,4,7-10,13H2,1-2H3. The first-order chi connectivity index (χ1) is 11.4. The summed E-state index contributed by atoms with van der Waals surface area (Å²) in [6.45, 7) is 4.28. The first-order valence-electron chi connectivity index (χ1n) is 8.03. The predicted octanol–water partition coefficient (Wildman–Crippen LogP) is 0.931. The van der Waals surface area contributed by atoms with Gasteiger partial charge >= 0.3 is 0 Å². The van der Waals surface area contributed by atoms with Crippen LogP contribution in [0, 0.1) is 0 Å². The van der Waals surface area contributed by atoms with Gasteiger partial charge in [-0.05, 0) is 18.6 Å². The minimum absolute atomic E-state index is 0.311. The van der Waals surface area contributed by atoms with Crippen molar-refractivity contribution in [3.63, 3.8) is 0 Å². The van der Waals surface area contributed by atoms with E-state index in [-0.39, 0.29) is 0 Å². The summed E-state index contributed by atoms with van der Waals surface area (Å²) in [5.74, 6) is 0.572. The van der Waals surface area contributed by atoms with Gasteiger partial charge in [0.05, 0.1) is 6.20 Å². The number of hydrogen-bond acceptors (Lipinski definition) is 6. The van der Waals surface area contributed by atoms with Crippen molar-refractivity contribution in [3.8, 4) is 0 Å². The third kappa shape index (κ3) is 3.93. The van der Waals surface area contributed by atoms with Gasteiger partial charge in [-0.1, -0.05) is 0 Å². The first kappa shape index (κ1) is 16.9. The molecule has 1 fully saturated rings. The Hall–Kier alpha value is -1.93. The molecule has 1 aliphatic heterocycles. The van der Waals surface area contributed by atoms with Crippen molar-refractivity contribution in [1.82, 2.24) is 19.7 Å². The molecule has 1 aliphatic rings. The minimum atomic E-state index is -3.28. The predicted molar refractivity (Wildman–Crippen MR) is 92.7 cm³/mol. The third-order valence-corrected chi connectivity index (χ3v) is 5.32. The van der Waals surface area contributed by atoms with Gasteiger partial charge in [-0.2, -0.15) is 5.10 Å². The summed E-state index contributed by atoms with van der Waals surface area (Å²) in [5.41, 5.74) is 1.20. The molecule has 2 aromatic heterocycles. The molecule has 0 bridgehead atoms. The van der Waals surface area contributed by atoms with Gasteiger partial charge in [0.2, 0.25) is 0 Å². The fourth-order valence-electron chi connectivity index (χ4n) is 3.06. The van der Waals surface area contributed by atoms with Gasteiger partial charge in [-0.25, -0.2) is 13.4 Å². The average Bonchev–Trinajstić information content (AvgIpc) is 2.80. The molecule has 8 heteroatoms. The average molecular weight is 349 g/mol. The van der Waals surface area contributed by atoms with Crippen molar-refractivity contribution in [1.29, 1.82) is 0 Å². The van der Waals surface area contributed by atoms with E-state index < -0.39 is 9.84 Å². The molecule has 1 saturated heterocycles. The molecule has 0 aliphatic carbocycles. The molecule has 7 nitrogen and oxygen atoms in total. The third-order valence-electron chi connectivity index (χ3n) is 4.20. The maximum Gasteiger partial charge on any atom is 0.179 e. The van der Waals surface area contributed by atoms with Crippen LogP contribution < -0.4 is 4.90 Å². The Balaban J connectivity index is 1.72. The maximum absolute atomic E-state index is 12.0. The molecule has 0 saturated carbocycles. The van der Waals surface area contributed by atoms with Crippen molar-refractivity contribution in [2.24, 2.45) is 7.05 Å². The fraction of sp³-hybridized carbons (Fsp3) is 0.500. The number of hydrogen-bond donors (Lipinski definition) is 0. The summed E-state index contributed by atoms with van der Waals surface area (Å²) in [6.07, 6.45) is 7.79. The Labute approximate surface area is 142 Å². The highest BCUT2D eigenvalue weighted by molar-refractivity contribution is 7.90. The van der Waals surface area contributed by atoms with Crippen LogP contribution in [-0.2, 0) is 23.4 Å². The Kier molecular flexibility index (Phi) is 4.86. The molecule has 24 heavy (non-hydrogen) atoms. The zero-order valence-corrected chi connectivity index (χ0v) is 14.9. The molecule has 0 aromatic carbocycles. The summed E-state index contributed by atoms with van der Waals surface area (Å²) in [7, 11) is -1.36. The van der Waals surface area contributed by atoms with E-state index in [1.807, 2.05) is 24.1 Å². The van der Waals surface area contributed by atoms with E-state index in [0.29, 0.717) is 10.7 Å². The first-order valence-corrected chi connectivity index (χ1v) is 9.92. The van der Waals surface area contributed by atoms with E-state index in [1.54, 1.807) is 18.3 Å². The molecule has 0 unspecified atom stereocenters. The van der Waals surface area contributed by atoms with Crippen LogP contribution in [0.4, 0.5) is 5.82 Å². The van der Waals surface area contributed by atoms with Gasteiger partial charge in [0.15, 0.2) is 9.84 Å². The van der Waals surface area contributed by atoms with Crippen LogP contribution in [0.15, 0.2) is 35.6 Å². The highest BCUT2D eigenvalue weighted by Gasteiger charge is 2.22. The van der Waals surface area contributed by atoms with E-state index in [0.717, 1.165) is 39.1 Å². The Bertz CT molecular complexity index is 802. The van der Waals surface area contributed by atoms with Crippen molar-refractivity contribution in [3.05, 3.63) is 36.3 Å². The lowest BCUT2D eigenvalue weighted by atomic mass is 10.3. The number of rotatable bonds is 4. The lowest BCUT2D eigenvalue weighted by Crippen LogP contribution is -2.31. The quantitative estimate of drug-likeness (QED) is 0.818. The van der Waals surface area contributed by atoms with Crippen LogP contribution in [0.1, 0.15) is 12.0 Å². The SMILES string of the molecule is Cn1cc(CN2CCCN(c3ncccc3S(C)(=O)=O)CC2)cn1. The smallest absolute Gasteiger partial charge is 0.179 e. The summed E-state index contributed by atoms with van der Waals surface area (Å²) in [6, 6.07) is 3.31. The van der Waals surface area contributed by atoms with Gasteiger partial charge in [0.1, 0.15) is 10.7 Å². The second-order valence-electron chi connectivity index (χ2n) is 6.24. The topological polar surface area (TPSA) is 71.3 Å². The Morgan fingerprint density at radius 3 is 2.75 bits per heavy atom. The highest BCUT2D eigenvalue weighted by Crippen LogP contribution is 2.23. The van der Waals surface area contributed by atoms with Crippen molar-refractivity contribution >= 4 is 15.7 Å². The molecular formula is C16H23N5O2S. The normalized spacial score (nSPS) is 17.0. The molecule has 2 aromatic rings. The van der Waals surface area contributed by atoms with Crippen LogP contribution in [0.25, 0.3) is 0 Å². The summed E-state index contributed by atoms with van der Waals surface area (Å²) < 4.78 is 25.8. The molecule has 3 heterocycles. The van der Waals surface area contributed by atoms with E-state index in [9.17, 15) is 8.42 Å². The minimum Gasteiger partial charge on any atom is -0.354 e. The molecular weight excluding hydrogens is 326 g/mol. The van der Waals surface area contributed by atoms with Crippen LogP contribution >= 0.6 is 0 Å². The van der Waals surface area contributed by atoms with Crippen molar-refractivity contribution < 1.29 is 8.42 Å². The molecule has 130 valence electrons. The number of pyridine rings is 1. The Morgan fingerprint density at radius 2 is 2.04 bits per heavy atom. The van der Waals surface area contributed by atoms with Crippen LogP contribution in [-0.4, -0.2) is 60.5 Å². The maximum atomic E-state index is 12.0. The lowest BCUT2D eigenvalue weighted by molar-refractivity contribution is 0.285. The lowest BCUT2D eigenvalue weighted by Gasteiger charge is -2.24. The van der Waals surface area contributed by atoms with E-state index >= 15 is 0 Å². The van der Waals surface area contributed by atoms with E-state index in [4.69, 9.17) is 0 Å². The largest absolute Gasteiger partial charge is 0.354 e. The second kappa shape index (κ2) is 6.90. The molecule has 3 rings (SSSR count). The van der Waals surface area contributed by atoms with Gasteiger partial charge in [0, 0.05) is 64.0 Å². The van der Waals surface area contributed by atoms with Gasteiger partial charge in [0.25, 0.3) is 0 Å². The Morgan fingerprint density at radius 1 is 1.21 bits per heavy atom. The monoisotopic (exact) mass is 349 g/mol. The summed E-state index contributed by atoms with van der Waals surface area (Å²) >= 11 is 0. The molecule has 0 spiro atoms. The summed E-state index contributed by atoms with van der Waals surface area (Å²) in [4.78, 5) is 9.11. The van der Waals surface area contributed by atoms with Crippen molar-refractivity contribution in [2.45, 2.75) is 17.9 Å². The number of sulfone groups is 1.